The summed E-state index contributed by atoms with van der Waals surface area (Å²) >= 11 is 0. The Hall–Kier alpha value is -2.83. The summed E-state index contributed by atoms with van der Waals surface area (Å²) in [5, 5.41) is 15.3. The highest BCUT2D eigenvalue weighted by molar-refractivity contribution is 5.95. The fourth-order valence-corrected chi connectivity index (χ4v) is 1.73. The normalized spacial score (nSPS) is 10.2. The molecule has 0 aliphatic carbocycles. The molecule has 0 radical (unpaired) electrons. The number of anilines is 2. The SMILES string of the molecule is Nc1ccc2ccnc(NCC(=O)NCC(=O)O)c2c1. The first-order valence-electron chi connectivity index (χ1n) is 5.93. The Morgan fingerprint density at radius 2 is 2.05 bits per heavy atom. The molecule has 7 heteroatoms. The van der Waals surface area contributed by atoms with E-state index in [-0.39, 0.29) is 6.54 Å². The van der Waals surface area contributed by atoms with Gasteiger partial charge in [0.15, 0.2) is 0 Å². The quantitative estimate of drug-likeness (QED) is 0.587. The fraction of sp³-hybridized carbons (Fsp3) is 0.154. The van der Waals surface area contributed by atoms with E-state index in [1.165, 1.54) is 0 Å². The van der Waals surface area contributed by atoms with Crippen molar-refractivity contribution in [2.45, 2.75) is 0 Å². The van der Waals surface area contributed by atoms with Gasteiger partial charge in [-0.1, -0.05) is 6.07 Å². The van der Waals surface area contributed by atoms with Gasteiger partial charge in [-0.3, -0.25) is 9.59 Å². The second kappa shape index (κ2) is 5.87. The van der Waals surface area contributed by atoms with Gasteiger partial charge in [0.25, 0.3) is 0 Å². The maximum Gasteiger partial charge on any atom is 0.322 e. The van der Waals surface area contributed by atoms with Crippen molar-refractivity contribution in [1.29, 1.82) is 0 Å². The molecular formula is C13H14N4O3. The first-order chi connectivity index (χ1) is 9.56. The highest BCUT2D eigenvalue weighted by Crippen LogP contribution is 2.22. The van der Waals surface area contributed by atoms with Crippen LogP contribution in [0, 0.1) is 0 Å². The number of aromatic nitrogens is 1. The Morgan fingerprint density at radius 1 is 1.25 bits per heavy atom. The van der Waals surface area contributed by atoms with Crippen molar-refractivity contribution in [3.8, 4) is 0 Å². The number of carboxylic acids is 1. The monoisotopic (exact) mass is 274 g/mol. The molecule has 2 rings (SSSR count). The molecule has 0 fully saturated rings. The molecular weight excluding hydrogens is 260 g/mol. The van der Waals surface area contributed by atoms with Gasteiger partial charge in [0.05, 0.1) is 6.54 Å². The van der Waals surface area contributed by atoms with Crippen LogP contribution >= 0.6 is 0 Å². The van der Waals surface area contributed by atoms with Gasteiger partial charge in [-0.15, -0.1) is 0 Å². The summed E-state index contributed by atoms with van der Waals surface area (Å²) in [5.74, 6) is -0.982. The summed E-state index contributed by atoms with van der Waals surface area (Å²) in [5.41, 5.74) is 6.33. The van der Waals surface area contributed by atoms with E-state index in [0.29, 0.717) is 11.5 Å². The molecule has 1 aromatic heterocycles. The third-order valence-electron chi connectivity index (χ3n) is 2.64. The number of carbonyl (C=O) groups excluding carboxylic acids is 1. The van der Waals surface area contributed by atoms with Gasteiger partial charge in [0.1, 0.15) is 12.4 Å². The number of nitrogens with two attached hydrogens (primary N) is 1. The summed E-state index contributed by atoms with van der Waals surface area (Å²) in [7, 11) is 0. The zero-order valence-corrected chi connectivity index (χ0v) is 10.6. The van der Waals surface area contributed by atoms with Crippen molar-refractivity contribution in [3.63, 3.8) is 0 Å². The number of rotatable bonds is 5. The molecule has 0 saturated carbocycles. The van der Waals surface area contributed by atoms with Gasteiger partial charge < -0.3 is 21.5 Å². The highest BCUT2D eigenvalue weighted by Gasteiger charge is 2.06. The van der Waals surface area contributed by atoms with Crippen LogP contribution in [0.4, 0.5) is 11.5 Å². The van der Waals surface area contributed by atoms with Crippen LogP contribution in [0.3, 0.4) is 0 Å². The summed E-state index contributed by atoms with van der Waals surface area (Å²) in [6.07, 6.45) is 1.62. The summed E-state index contributed by atoms with van der Waals surface area (Å²) < 4.78 is 0. The van der Waals surface area contributed by atoms with Crippen LogP contribution in [0.1, 0.15) is 0 Å². The van der Waals surface area contributed by atoms with Crippen LogP contribution in [0.2, 0.25) is 0 Å². The predicted octanol–water partition coefficient (Wildman–Crippen LogP) is 0.430. The number of hydrogen-bond acceptors (Lipinski definition) is 5. The van der Waals surface area contributed by atoms with Gasteiger partial charge in [0.2, 0.25) is 5.91 Å². The molecule has 1 heterocycles. The number of nitrogens with zero attached hydrogens (tertiary/aromatic N) is 1. The van der Waals surface area contributed by atoms with E-state index in [1.54, 1.807) is 18.3 Å². The Bertz CT molecular complexity index is 657. The lowest BCUT2D eigenvalue weighted by Gasteiger charge is -2.09. The van der Waals surface area contributed by atoms with Crippen LogP contribution < -0.4 is 16.4 Å². The van der Waals surface area contributed by atoms with E-state index in [0.717, 1.165) is 10.8 Å². The number of carboxylic acid groups (broad SMARTS) is 1. The highest BCUT2D eigenvalue weighted by atomic mass is 16.4. The third-order valence-corrected chi connectivity index (χ3v) is 2.64. The second-order valence-electron chi connectivity index (χ2n) is 4.16. The molecule has 2 aromatic rings. The molecule has 0 unspecified atom stereocenters. The average Bonchev–Trinajstić information content (AvgIpc) is 2.42. The molecule has 5 N–H and O–H groups in total. The summed E-state index contributed by atoms with van der Waals surface area (Å²) in [6.45, 7) is -0.468. The van der Waals surface area contributed by atoms with Crippen LogP contribution in [0.5, 0.6) is 0 Å². The van der Waals surface area contributed by atoms with Gasteiger partial charge in [0, 0.05) is 17.3 Å². The predicted molar refractivity (Wildman–Crippen MR) is 75.3 cm³/mol. The lowest BCUT2D eigenvalue weighted by atomic mass is 10.1. The van der Waals surface area contributed by atoms with Crippen LogP contribution in [0.15, 0.2) is 30.5 Å². The molecule has 7 nitrogen and oxygen atoms in total. The lowest BCUT2D eigenvalue weighted by molar-refractivity contribution is -0.137. The van der Waals surface area contributed by atoms with E-state index >= 15 is 0 Å². The fourth-order valence-electron chi connectivity index (χ4n) is 1.73. The summed E-state index contributed by atoms with van der Waals surface area (Å²) in [4.78, 5) is 25.9. The van der Waals surface area contributed by atoms with Crippen molar-refractivity contribution in [2.75, 3.05) is 24.1 Å². The minimum absolute atomic E-state index is 0.0613. The van der Waals surface area contributed by atoms with Crippen LogP contribution in [-0.2, 0) is 9.59 Å². The number of nitrogens with one attached hydrogen (secondary N) is 2. The van der Waals surface area contributed by atoms with E-state index in [4.69, 9.17) is 10.8 Å². The molecule has 104 valence electrons. The zero-order chi connectivity index (χ0) is 14.5. The van der Waals surface area contributed by atoms with Crippen molar-refractivity contribution >= 4 is 34.2 Å². The molecule has 20 heavy (non-hydrogen) atoms. The number of carbonyl (C=O) groups is 2. The number of nitrogen functional groups attached to an aromatic ring is 1. The van der Waals surface area contributed by atoms with Gasteiger partial charge in [-0.05, 0) is 23.6 Å². The van der Waals surface area contributed by atoms with Crippen molar-refractivity contribution in [1.82, 2.24) is 10.3 Å². The number of pyridine rings is 1. The average molecular weight is 274 g/mol. The number of fused-ring (bicyclic) bond motifs is 1. The molecule has 0 bridgehead atoms. The number of hydrogen-bond donors (Lipinski definition) is 4. The number of amides is 1. The molecule has 0 aliphatic rings. The lowest BCUT2D eigenvalue weighted by Crippen LogP contribution is -2.34. The Morgan fingerprint density at radius 3 is 2.80 bits per heavy atom. The van der Waals surface area contributed by atoms with E-state index in [2.05, 4.69) is 15.6 Å². The zero-order valence-electron chi connectivity index (χ0n) is 10.6. The maximum atomic E-state index is 11.4. The number of benzene rings is 1. The third kappa shape index (κ3) is 3.35. The van der Waals surface area contributed by atoms with Gasteiger partial charge in [-0.2, -0.15) is 0 Å². The maximum absolute atomic E-state index is 11.4. The topological polar surface area (TPSA) is 117 Å². The second-order valence-corrected chi connectivity index (χ2v) is 4.16. The minimum Gasteiger partial charge on any atom is -0.480 e. The van der Waals surface area contributed by atoms with E-state index in [1.807, 2.05) is 12.1 Å². The number of aliphatic carboxylic acids is 1. The Kier molecular flexibility index (Phi) is 3.99. The minimum atomic E-state index is -1.09. The molecule has 0 aliphatic heterocycles. The first-order valence-corrected chi connectivity index (χ1v) is 5.93. The Balaban J connectivity index is 2.08. The summed E-state index contributed by atoms with van der Waals surface area (Å²) in [6, 6.07) is 7.25. The Labute approximate surface area is 114 Å². The molecule has 1 amide bonds. The van der Waals surface area contributed by atoms with Crippen molar-refractivity contribution < 1.29 is 14.7 Å². The van der Waals surface area contributed by atoms with Crippen LogP contribution in [0.25, 0.3) is 10.8 Å². The first kappa shape index (κ1) is 13.6. The van der Waals surface area contributed by atoms with Gasteiger partial charge >= 0.3 is 5.97 Å². The smallest absolute Gasteiger partial charge is 0.322 e. The molecule has 0 saturated heterocycles. The van der Waals surface area contributed by atoms with Crippen LogP contribution in [-0.4, -0.2) is 35.1 Å². The largest absolute Gasteiger partial charge is 0.480 e. The van der Waals surface area contributed by atoms with E-state index < -0.39 is 18.4 Å². The van der Waals surface area contributed by atoms with Gasteiger partial charge in [-0.25, -0.2) is 4.98 Å². The molecule has 0 spiro atoms. The van der Waals surface area contributed by atoms with Crippen molar-refractivity contribution in [3.05, 3.63) is 30.5 Å². The molecule has 1 aromatic carbocycles. The standard InChI is InChI=1S/C13H14N4O3/c14-9-2-1-8-3-4-15-13(10(8)5-9)17-6-11(18)16-7-12(19)20/h1-5H,6-7,14H2,(H,15,17)(H,16,18)(H,19,20). The van der Waals surface area contributed by atoms with Crippen molar-refractivity contribution in [2.24, 2.45) is 0 Å². The van der Waals surface area contributed by atoms with E-state index in [9.17, 15) is 9.59 Å². The molecule has 0 atom stereocenters.